The Kier molecular flexibility index (Phi) is 3.36. The van der Waals surface area contributed by atoms with Crippen LogP contribution in [0.5, 0.6) is 23.3 Å². The number of methoxy groups -OCH3 is 4. The highest BCUT2D eigenvalue weighted by molar-refractivity contribution is 5.87. The van der Waals surface area contributed by atoms with Gasteiger partial charge in [-0.15, -0.1) is 0 Å². The van der Waals surface area contributed by atoms with Crippen LogP contribution in [0.2, 0.25) is 0 Å². The number of nitrogens with zero attached hydrogens (tertiary/aromatic N) is 2. The van der Waals surface area contributed by atoms with E-state index in [9.17, 15) is 0 Å². The number of hydrogen-bond acceptors (Lipinski definition) is 6. The molecule has 2 aromatic rings. The van der Waals surface area contributed by atoms with E-state index in [0.717, 1.165) is 0 Å². The summed E-state index contributed by atoms with van der Waals surface area (Å²) >= 11 is 0. The molecule has 1 aromatic carbocycles. The Labute approximate surface area is 104 Å². The maximum Gasteiger partial charge on any atom is 0.278 e. The third-order valence-electron chi connectivity index (χ3n) is 2.51. The minimum absolute atomic E-state index is 0.302. The largest absolute Gasteiger partial charge is 0.494 e. The van der Waals surface area contributed by atoms with Crippen molar-refractivity contribution >= 4 is 11.0 Å². The summed E-state index contributed by atoms with van der Waals surface area (Å²) in [5, 5.41) is 0. The number of rotatable bonds is 4. The van der Waals surface area contributed by atoms with Gasteiger partial charge in [0.25, 0.3) is 11.8 Å². The molecule has 0 saturated carbocycles. The molecule has 6 heteroatoms. The Morgan fingerprint density at radius 2 is 1.06 bits per heavy atom. The highest BCUT2D eigenvalue weighted by Gasteiger charge is 2.16. The molecule has 6 nitrogen and oxygen atoms in total. The summed E-state index contributed by atoms with van der Waals surface area (Å²) in [4.78, 5) is 8.66. The van der Waals surface area contributed by atoms with E-state index in [1.54, 1.807) is 26.4 Å². The van der Waals surface area contributed by atoms with Crippen LogP contribution < -0.4 is 18.9 Å². The van der Waals surface area contributed by atoms with Crippen molar-refractivity contribution < 1.29 is 18.9 Å². The zero-order valence-corrected chi connectivity index (χ0v) is 10.7. The summed E-state index contributed by atoms with van der Waals surface area (Å²) in [6.07, 6.45) is 0. The van der Waals surface area contributed by atoms with Crippen molar-refractivity contribution in [3.05, 3.63) is 12.1 Å². The predicted molar refractivity (Wildman–Crippen MR) is 65.7 cm³/mol. The lowest BCUT2D eigenvalue weighted by Gasteiger charge is -2.11. The van der Waals surface area contributed by atoms with Crippen LogP contribution in [-0.2, 0) is 0 Å². The molecular weight excluding hydrogens is 236 g/mol. The number of aromatic nitrogens is 2. The van der Waals surface area contributed by atoms with Gasteiger partial charge in [0, 0.05) is 0 Å². The fourth-order valence-electron chi connectivity index (χ4n) is 1.65. The second-order valence-electron chi connectivity index (χ2n) is 3.41. The molecule has 0 radical (unpaired) electrons. The quantitative estimate of drug-likeness (QED) is 0.822. The van der Waals surface area contributed by atoms with Crippen LogP contribution in [0.25, 0.3) is 11.0 Å². The van der Waals surface area contributed by atoms with Gasteiger partial charge < -0.3 is 18.9 Å². The lowest BCUT2D eigenvalue weighted by molar-refractivity contribution is 0.332. The average molecular weight is 250 g/mol. The molecule has 2 rings (SSSR count). The zero-order chi connectivity index (χ0) is 13.1. The van der Waals surface area contributed by atoms with Gasteiger partial charge in [0.1, 0.15) is 22.5 Å². The second-order valence-corrected chi connectivity index (χ2v) is 3.41. The minimum atomic E-state index is 0.302. The van der Waals surface area contributed by atoms with Gasteiger partial charge in [-0.05, 0) is 12.1 Å². The van der Waals surface area contributed by atoms with Gasteiger partial charge in [0.05, 0.1) is 28.4 Å². The zero-order valence-electron chi connectivity index (χ0n) is 10.7. The van der Waals surface area contributed by atoms with Gasteiger partial charge in [0.2, 0.25) is 0 Å². The highest BCUT2D eigenvalue weighted by Crippen LogP contribution is 2.34. The van der Waals surface area contributed by atoms with Crippen molar-refractivity contribution in [3.63, 3.8) is 0 Å². The van der Waals surface area contributed by atoms with Crippen molar-refractivity contribution in [2.24, 2.45) is 0 Å². The fraction of sp³-hybridized carbons (Fsp3) is 0.333. The van der Waals surface area contributed by atoms with E-state index in [4.69, 9.17) is 18.9 Å². The van der Waals surface area contributed by atoms with E-state index >= 15 is 0 Å². The molecule has 0 N–H and O–H groups in total. The lowest BCUT2D eigenvalue weighted by Crippen LogP contribution is -2.00. The van der Waals surface area contributed by atoms with Crippen LogP contribution >= 0.6 is 0 Å². The molecule has 0 bridgehead atoms. The summed E-state index contributed by atoms with van der Waals surface area (Å²) in [5.41, 5.74) is 1.13. The molecule has 0 unspecified atom stereocenters. The van der Waals surface area contributed by atoms with Crippen molar-refractivity contribution in [3.8, 4) is 23.3 Å². The maximum atomic E-state index is 5.25. The Balaban J connectivity index is 2.80. The Morgan fingerprint density at radius 3 is 1.33 bits per heavy atom. The molecule has 0 aliphatic carbocycles. The molecule has 18 heavy (non-hydrogen) atoms. The van der Waals surface area contributed by atoms with Gasteiger partial charge in [-0.3, -0.25) is 0 Å². The number of benzene rings is 1. The highest BCUT2D eigenvalue weighted by atomic mass is 16.5. The third kappa shape index (κ3) is 1.85. The van der Waals surface area contributed by atoms with Crippen LogP contribution in [0.3, 0.4) is 0 Å². The van der Waals surface area contributed by atoms with E-state index in [1.165, 1.54) is 14.2 Å². The Bertz CT molecular complexity index is 521. The van der Waals surface area contributed by atoms with Crippen LogP contribution in [-0.4, -0.2) is 38.4 Å². The SMILES string of the molecule is COc1nc2c(OC)ccc(OC)c2nc1OC. The van der Waals surface area contributed by atoms with Gasteiger partial charge in [-0.25, -0.2) is 9.97 Å². The minimum Gasteiger partial charge on any atom is -0.494 e. The molecule has 0 spiro atoms. The summed E-state index contributed by atoms with van der Waals surface area (Å²) in [6.45, 7) is 0. The van der Waals surface area contributed by atoms with Crippen LogP contribution in [0, 0.1) is 0 Å². The summed E-state index contributed by atoms with van der Waals surface area (Å²) in [7, 11) is 6.15. The molecule has 96 valence electrons. The smallest absolute Gasteiger partial charge is 0.278 e. The van der Waals surface area contributed by atoms with Gasteiger partial charge >= 0.3 is 0 Å². The summed E-state index contributed by atoms with van der Waals surface area (Å²) in [6, 6.07) is 3.53. The molecular formula is C12H14N2O4. The molecule has 1 aromatic heterocycles. The molecule has 1 heterocycles. The average Bonchev–Trinajstić information content (AvgIpc) is 2.44. The molecule has 0 fully saturated rings. The van der Waals surface area contributed by atoms with Crippen molar-refractivity contribution in [1.82, 2.24) is 9.97 Å². The van der Waals surface area contributed by atoms with Gasteiger partial charge in [0.15, 0.2) is 0 Å². The second kappa shape index (κ2) is 4.95. The first-order chi connectivity index (χ1) is 8.74. The van der Waals surface area contributed by atoms with E-state index in [1.807, 2.05) is 0 Å². The third-order valence-corrected chi connectivity index (χ3v) is 2.51. The Hall–Kier alpha value is -2.24. The van der Waals surface area contributed by atoms with Crippen LogP contribution in [0.4, 0.5) is 0 Å². The normalized spacial score (nSPS) is 10.2. The van der Waals surface area contributed by atoms with E-state index in [0.29, 0.717) is 34.3 Å². The van der Waals surface area contributed by atoms with E-state index in [2.05, 4.69) is 9.97 Å². The molecule has 0 atom stereocenters. The van der Waals surface area contributed by atoms with Gasteiger partial charge in [-0.1, -0.05) is 0 Å². The number of hydrogen-bond donors (Lipinski definition) is 0. The standard InChI is InChI=1S/C12H14N2O4/c1-15-7-5-6-8(16-2)10-9(7)13-11(17-3)12(14-10)18-4/h5-6H,1-4H3. The summed E-state index contributed by atoms with van der Waals surface area (Å²) < 4.78 is 20.7. The van der Waals surface area contributed by atoms with Crippen LogP contribution in [0.15, 0.2) is 12.1 Å². The Morgan fingerprint density at radius 1 is 0.667 bits per heavy atom. The maximum absolute atomic E-state index is 5.25. The topological polar surface area (TPSA) is 62.7 Å². The van der Waals surface area contributed by atoms with Crippen molar-refractivity contribution in [2.45, 2.75) is 0 Å². The molecule has 0 aliphatic heterocycles. The van der Waals surface area contributed by atoms with Gasteiger partial charge in [-0.2, -0.15) is 0 Å². The van der Waals surface area contributed by atoms with Crippen molar-refractivity contribution in [2.75, 3.05) is 28.4 Å². The molecule has 0 aliphatic rings. The molecule has 0 saturated heterocycles. The lowest BCUT2D eigenvalue weighted by atomic mass is 10.2. The fourth-order valence-corrected chi connectivity index (χ4v) is 1.65. The molecule has 0 amide bonds. The van der Waals surface area contributed by atoms with E-state index < -0.39 is 0 Å². The number of ether oxygens (including phenoxy) is 4. The summed E-state index contributed by atoms with van der Waals surface area (Å²) in [5.74, 6) is 1.80. The first kappa shape index (κ1) is 12.2. The first-order valence-corrected chi connectivity index (χ1v) is 5.25. The number of fused-ring (bicyclic) bond motifs is 1. The monoisotopic (exact) mass is 250 g/mol. The van der Waals surface area contributed by atoms with Crippen molar-refractivity contribution in [1.29, 1.82) is 0 Å². The van der Waals surface area contributed by atoms with E-state index in [-0.39, 0.29) is 0 Å². The van der Waals surface area contributed by atoms with Crippen LogP contribution in [0.1, 0.15) is 0 Å². The predicted octanol–water partition coefficient (Wildman–Crippen LogP) is 1.66. The first-order valence-electron chi connectivity index (χ1n) is 5.25.